The third-order valence-corrected chi connectivity index (χ3v) is 2.02. The lowest BCUT2D eigenvalue weighted by molar-refractivity contribution is 0.661. The number of fused-ring (bicyclic) bond motifs is 1. The second-order valence-corrected chi connectivity index (χ2v) is 3.29. The zero-order chi connectivity index (χ0) is 8.72. The minimum Gasteiger partial charge on any atom is -0.367 e. The van der Waals surface area contributed by atoms with Gasteiger partial charge >= 0.3 is 5.69 Å². The Labute approximate surface area is 87.4 Å². The van der Waals surface area contributed by atoms with Crippen molar-refractivity contribution in [2.75, 3.05) is 5.32 Å². The highest BCUT2D eigenvalue weighted by molar-refractivity contribution is 7.59. The molecule has 0 saturated heterocycles. The van der Waals surface area contributed by atoms with Gasteiger partial charge in [-0.05, 0) is 6.92 Å². The van der Waals surface area contributed by atoms with Gasteiger partial charge in [0.1, 0.15) is 11.0 Å². The zero-order valence-corrected chi connectivity index (χ0v) is 8.80. The van der Waals surface area contributed by atoms with Gasteiger partial charge in [-0.3, -0.25) is 4.57 Å². The molecule has 1 aromatic rings. The third-order valence-electron chi connectivity index (χ3n) is 1.83. The van der Waals surface area contributed by atoms with Gasteiger partial charge < -0.3 is 5.32 Å². The average Bonchev–Trinajstić information content (AvgIpc) is 2.29. The Morgan fingerprint density at radius 2 is 2.46 bits per heavy atom. The van der Waals surface area contributed by atoms with E-state index in [1.807, 2.05) is 6.92 Å². The lowest BCUT2D eigenvalue weighted by Gasteiger charge is -1.99. The average molecular weight is 220 g/mol. The van der Waals surface area contributed by atoms with Crippen molar-refractivity contribution >= 4 is 30.9 Å². The molecule has 1 N–H and O–H groups in total. The molecule has 6 heteroatoms. The molecule has 0 aliphatic carbocycles. The number of rotatable bonds is 0. The van der Waals surface area contributed by atoms with Gasteiger partial charge in [-0.1, -0.05) is 11.6 Å². The van der Waals surface area contributed by atoms with Crippen LogP contribution in [0.4, 0.5) is 5.82 Å². The van der Waals surface area contributed by atoms with Crippen molar-refractivity contribution in [1.29, 1.82) is 0 Å². The van der Waals surface area contributed by atoms with E-state index in [0.717, 1.165) is 5.82 Å². The Balaban J connectivity index is 0.000000845. The first-order valence-corrected chi connectivity index (χ1v) is 4.08. The van der Waals surface area contributed by atoms with E-state index in [4.69, 9.17) is 11.6 Å². The topological polar surface area (TPSA) is 46.9 Å². The molecule has 0 amide bonds. The Bertz CT molecular complexity index is 378. The van der Waals surface area contributed by atoms with E-state index in [1.165, 1.54) is 0 Å². The van der Waals surface area contributed by atoms with Crippen molar-refractivity contribution in [3.63, 3.8) is 0 Å². The van der Waals surface area contributed by atoms with Gasteiger partial charge in [0.2, 0.25) is 0 Å². The van der Waals surface area contributed by atoms with Crippen molar-refractivity contribution < 1.29 is 0 Å². The van der Waals surface area contributed by atoms with Crippen LogP contribution in [0.5, 0.6) is 0 Å². The summed E-state index contributed by atoms with van der Waals surface area (Å²) in [4.78, 5) is 14.8. The molecule has 0 aromatic carbocycles. The molecule has 0 unspecified atom stereocenters. The maximum Gasteiger partial charge on any atom is 0.350 e. The molecule has 0 radical (unpaired) electrons. The van der Waals surface area contributed by atoms with Gasteiger partial charge in [0.15, 0.2) is 0 Å². The van der Waals surface area contributed by atoms with Gasteiger partial charge in [0.25, 0.3) is 0 Å². The van der Waals surface area contributed by atoms with Gasteiger partial charge in [0, 0.05) is 18.7 Å². The van der Waals surface area contributed by atoms with Gasteiger partial charge in [-0.25, -0.2) is 4.79 Å². The minimum absolute atomic E-state index is 0. The maximum atomic E-state index is 11.2. The van der Waals surface area contributed by atoms with Crippen LogP contribution in [0.25, 0.3) is 0 Å². The summed E-state index contributed by atoms with van der Waals surface area (Å²) in [5, 5.41) is 3.36. The molecule has 1 aliphatic heterocycles. The number of anilines is 1. The molecular formula is C7H10ClN3OS. The van der Waals surface area contributed by atoms with Crippen molar-refractivity contribution in [1.82, 2.24) is 9.55 Å². The van der Waals surface area contributed by atoms with Crippen LogP contribution in [-0.4, -0.2) is 15.6 Å². The van der Waals surface area contributed by atoms with Crippen molar-refractivity contribution in [2.24, 2.45) is 0 Å². The maximum absolute atomic E-state index is 11.2. The number of nitrogens with zero attached hydrogens (tertiary/aromatic N) is 2. The summed E-state index contributed by atoms with van der Waals surface area (Å²) in [5.74, 6) is 0.757. The predicted octanol–water partition coefficient (Wildman–Crippen LogP) is 0.823. The fourth-order valence-electron chi connectivity index (χ4n) is 1.35. The Morgan fingerprint density at radius 1 is 1.77 bits per heavy atom. The number of hydrogen-bond acceptors (Lipinski definition) is 3. The summed E-state index contributed by atoms with van der Waals surface area (Å²) in [5.41, 5.74) is -0.283. The first-order chi connectivity index (χ1) is 5.66. The van der Waals surface area contributed by atoms with Crippen LogP contribution in [0.15, 0.2) is 10.9 Å². The fraction of sp³-hybridized carbons (Fsp3) is 0.429. The molecule has 0 bridgehead atoms. The normalized spacial score (nSPS) is 18.8. The van der Waals surface area contributed by atoms with Crippen molar-refractivity contribution in [3.05, 3.63) is 21.7 Å². The highest BCUT2D eigenvalue weighted by Crippen LogP contribution is 2.17. The molecule has 0 saturated carbocycles. The van der Waals surface area contributed by atoms with Crippen LogP contribution >= 0.6 is 25.1 Å². The lowest BCUT2D eigenvalue weighted by Crippen LogP contribution is -2.21. The Morgan fingerprint density at radius 3 is 3.15 bits per heavy atom. The Kier molecular flexibility index (Phi) is 2.87. The molecule has 72 valence electrons. The van der Waals surface area contributed by atoms with Crippen molar-refractivity contribution in [3.8, 4) is 0 Å². The molecule has 2 rings (SSSR count). The van der Waals surface area contributed by atoms with Crippen LogP contribution in [0.3, 0.4) is 0 Å². The van der Waals surface area contributed by atoms with Gasteiger partial charge in [-0.15, -0.1) is 0 Å². The van der Waals surface area contributed by atoms with E-state index >= 15 is 0 Å². The summed E-state index contributed by atoms with van der Waals surface area (Å²) in [6, 6.07) is 1.94. The van der Waals surface area contributed by atoms with Gasteiger partial charge in [-0.2, -0.15) is 18.5 Å². The molecule has 1 aromatic heterocycles. The molecule has 0 fully saturated rings. The first kappa shape index (κ1) is 10.4. The predicted molar refractivity (Wildman–Crippen MR) is 57.0 cm³/mol. The van der Waals surface area contributed by atoms with Gasteiger partial charge in [0.05, 0.1) is 0 Å². The summed E-state index contributed by atoms with van der Waals surface area (Å²) >= 11 is 5.61. The number of hydrogen-bond donors (Lipinski definition) is 1. The van der Waals surface area contributed by atoms with E-state index in [2.05, 4.69) is 10.3 Å². The largest absolute Gasteiger partial charge is 0.367 e. The Hall–Kier alpha value is -0.680. The molecular weight excluding hydrogens is 210 g/mol. The second kappa shape index (κ2) is 3.59. The highest BCUT2D eigenvalue weighted by atomic mass is 35.5. The lowest BCUT2D eigenvalue weighted by atomic mass is 10.4. The highest BCUT2D eigenvalue weighted by Gasteiger charge is 2.17. The van der Waals surface area contributed by atoms with E-state index < -0.39 is 0 Å². The van der Waals surface area contributed by atoms with Crippen molar-refractivity contribution in [2.45, 2.75) is 19.5 Å². The molecule has 1 aliphatic rings. The number of nitrogens with one attached hydrogen (secondary N) is 1. The number of halogens is 1. The first-order valence-electron chi connectivity index (χ1n) is 3.71. The second-order valence-electron chi connectivity index (χ2n) is 2.90. The summed E-state index contributed by atoms with van der Waals surface area (Å²) < 4.78 is 1.58. The van der Waals surface area contributed by atoms with E-state index in [1.54, 1.807) is 10.6 Å². The summed E-state index contributed by atoms with van der Waals surface area (Å²) in [6.45, 7) is 2.67. The molecule has 1 atom stereocenters. The number of aromatic nitrogens is 2. The molecule has 4 nitrogen and oxygen atoms in total. The smallest absolute Gasteiger partial charge is 0.350 e. The van der Waals surface area contributed by atoms with Crippen LogP contribution in [-0.2, 0) is 6.54 Å². The zero-order valence-electron chi connectivity index (χ0n) is 7.04. The standard InChI is InChI=1S/C7H8ClN3O.H2S/c1-4-3-11-6(9-4)2-5(8)10-7(11)12;/h2,4,9H,3H2,1H3;1H2/t4-;/m0./s1. The third kappa shape index (κ3) is 1.81. The molecule has 13 heavy (non-hydrogen) atoms. The minimum atomic E-state index is -0.283. The monoisotopic (exact) mass is 219 g/mol. The van der Waals surface area contributed by atoms with E-state index in [9.17, 15) is 4.79 Å². The van der Waals surface area contributed by atoms with E-state index in [0.29, 0.717) is 6.54 Å². The van der Waals surface area contributed by atoms with Crippen LogP contribution in [0, 0.1) is 0 Å². The molecule has 0 spiro atoms. The summed E-state index contributed by atoms with van der Waals surface area (Å²) in [7, 11) is 0. The van der Waals surface area contributed by atoms with Crippen LogP contribution in [0.2, 0.25) is 5.15 Å². The fourth-order valence-corrected chi connectivity index (χ4v) is 1.52. The van der Waals surface area contributed by atoms with Crippen LogP contribution < -0.4 is 11.0 Å². The summed E-state index contributed by atoms with van der Waals surface area (Å²) in [6.07, 6.45) is 0. The molecule has 2 heterocycles. The van der Waals surface area contributed by atoms with Crippen LogP contribution in [0.1, 0.15) is 6.92 Å². The SMILES string of the molecule is C[C@H]1Cn2c(cc(Cl)nc2=O)N1.S. The van der Waals surface area contributed by atoms with E-state index in [-0.39, 0.29) is 30.4 Å². The quantitative estimate of drug-likeness (QED) is 0.658.